The maximum absolute atomic E-state index is 12.1. The van der Waals surface area contributed by atoms with Crippen molar-refractivity contribution in [3.05, 3.63) is 52.9 Å². The van der Waals surface area contributed by atoms with Crippen molar-refractivity contribution in [3.8, 4) is 17.5 Å². The first-order valence-electron chi connectivity index (χ1n) is 8.24. The third-order valence-electron chi connectivity index (χ3n) is 4.13. The van der Waals surface area contributed by atoms with Crippen LogP contribution in [0.15, 0.2) is 35.9 Å². The van der Waals surface area contributed by atoms with Crippen molar-refractivity contribution >= 4 is 18.0 Å². The lowest BCUT2D eigenvalue weighted by Gasteiger charge is -2.10. The Morgan fingerprint density at radius 2 is 1.89 bits per heavy atom. The molecule has 0 bridgehead atoms. The average molecular weight is 367 g/mol. The van der Waals surface area contributed by atoms with Gasteiger partial charge in [-0.15, -0.1) is 0 Å². The molecule has 1 amide bonds. The smallest absolute Gasteiger partial charge is 0.349 e. The highest BCUT2D eigenvalue weighted by molar-refractivity contribution is 5.99. The van der Waals surface area contributed by atoms with Gasteiger partial charge in [-0.25, -0.2) is 4.79 Å². The minimum atomic E-state index is -1.11. The zero-order valence-electron chi connectivity index (χ0n) is 15.6. The van der Waals surface area contributed by atoms with Gasteiger partial charge in [0.25, 0.3) is 5.91 Å². The van der Waals surface area contributed by atoms with Crippen LogP contribution in [0.1, 0.15) is 23.9 Å². The summed E-state index contributed by atoms with van der Waals surface area (Å²) >= 11 is 0. The summed E-state index contributed by atoms with van der Waals surface area (Å²) in [5, 5.41) is 9.29. The first kappa shape index (κ1) is 19.8. The van der Waals surface area contributed by atoms with Crippen LogP contribution in [0.5, 0.6) is 5.75 Å². The third kappa shape index (κ3) is 4.36. The summed E-state index contributed by atoms with van der Waals surface area (Å²) in [7, 11) is 1.60. The summed E-state index contributed by atoms with van der Waals surface area (Å²) in [6.07, 6.45) is 0.333. The van der Waals surface area contributed by atoms with Crippen molar-refractivity contribution in [3.63, 3.8) is 0 Å². The number of methoxy groups -OCH3 is 1. The van der Waals surface area contributed by atoms with Gasteiger partial charge in [-0.2, -0.15) is 5.26 Å². The molecule has 7 heteroatoms. The second-order valence-electron chi connectivity index (χ2n) is 5.98. The second kappa shape index (κ2) is 8.23. The molecule has 2 N–H and O–H groups in total. The van der Waals surface area contributed by atoms with Gasteiger partial charge in [0.1, 0.15) is 17.4 Å². The Labute approximate surface area is 157 Å². The van der Waals surface area contributed by atoms with Crippen LogP contribution in [0.2, 0.25) is 0 Å². The minimum Gasteiger partial charge on any atom is -0.497 e. The lowest BCUT2D eigenvalue weighted by molar-refractivity contribution is -0.149. The molecule has 27 heavy (non-hydrogen) atoms. The molecule has 0 aliphatic heterocycles. The highest BCUT2D eigenvalue weighted by Crippen LogP contribution is 2.24. The van der Waals surface area contributed by atoms with Crippen LogP contribution in [0.4, 0.5) is 0 Å². The molecule has 1 atom stereocenters. The van der Waals surface area contributed by atoms with Gasteiger partial charge < -0.3 is 19.8 Å². The van der Waals surface area contributed by atoms with Crippen LogP contribution >= 0.6 is 0 Å². The van der Waals surface area contributed by atoms with Crippen molar-refractivity contribution in [2.24, 2.45) is 5.73 Å². The number of amides is 1. The molecule has 0 fully saturated rings. The number of nitrogens with zero attached hydrogens (tertiary/aromatic N) is 2. The highest BCUT2D eigenvalue weighted by Gasteiger charge is 2.19. The molecule has 2 aromatic rings. The Kier molecular flexibility index (Phi) is 6.03. The van der Waals surface area contributed by atoms with Crippen LogP contribution in [0.25, 0.3) is 11.8 Å². The molecular formula is C20H21N3O4. The molecule has 2 rings (SSSR count). The number of ether oxygens (including phenoxy) is 2. The fourth-order valence-electron chi connectivity index (χ4n) is 2.64. The number of aromatic nitrogens is 1. The largest absolute Gasteiger partial charge is 0.497 e. The Bertz CT molecular complexity index is 933. The zero-order valence-corrected chi connectivity index (χ0v) is 15.6. The van der Waals surface area contributed by atoms with Crippen molar-refractivity contribution in [1.29, 1.82) is 5.26 Å². The third-order valence-corrected chi connectivity index (χ3v) is 4.13. The fourth-order valence-corrected chi connectivity index (χ4v) is 2.64. The van der Waals surface area contributed by atoms with E-state index in [4.69, 9.17) is 15.2 Å². The number of carbonyl (C=O) groups is 2. The number of hydrogen-bond acceptors (Lipinski definition) is 5. The molecule has 0 saturated heterocycles. The van der Waals surface area contributed by atoms with E-state index in [1.165, 1.54) is 13.0 Å². The summed E-state index contributed by atoms with van der Waals surface area (Å²) < 4.78 is 12.1. The van der Waals surface area contributed by atoms with Crippen LogP contribution in [-0.2, 0) is 14.3 Å². The minimum absolute atomic E-state index is 0.210. The molecule has 1 heterocycles. The number of esters is 1. The van der Waals surface area contributed by atoms with Gasteiger partial charge >= 0.3 is 5.97 Å². The first-order valence-corrected chi connectivity index (χ1v) is 8.24. The normalized spacial score (nSPS) is 12.2. The molecule has 0 spiro atoms. The van der Waals surface area contributed by atoms with Crippen LogP contribution in [-0.4, -0.2) is 29.7 Å². The summed E-state index contributed by atoms with van der Waals surface area (Å²) in [6.45, 7) is 5.16. The van der Waals surface area contributed by atoms with Crippen molar-refractivity contribution in [2.75, 3.05) is 7.11 Å². The molecule has 0 saturated carbocycles. The van der Waals surface area contributed by atoms with E-state index < -0.39 is 18.0 Å². The van der Waals surface area contributed by atoms with Gasteiger partial charge in [-0.05, 0) is 62.7 Å². The SMILES string of the molecule is COc1ccc(-n2c(C)cc(/C=C(\C#N)C(=O)O[C@@H](C)C(N)=O)c2C)cc1. The van der Waals surface area contributed by atoms with Crippen LogP contribution in [0.3, 0.4) is 0 Å². The summed E-state index contributed by atoms with van der Waals surface area (Å²) in [6, 6.07) is 11.2. The van der Waals surface area contributed by atoms with Gasteiger partial charge in [0.05, 0.1) is 7.11 Å². The van der Waals surface area contributed by atoms with E-state index in [0.717, 1.165) is 22.8 Å². The van der Waals surface area contributed by atoms with E-state index in [2.05, 4.69) is 0 Å². The van der Waals surface area contributed by atoms with Crippen LogP contribution < -0.4 is 10.5 Å². The Morgan fingerprint density at radius 1 is 1.26 bits per heavy atom. The maximum Gasteiger partial charge on any atom is 0.349 e. The number of hydrogen-bond donors (Lipinski definition) is 1. The first-order chi connectivity index (χ1) is 12.8. The van der Waals surface area contributed by atoms with E-state index in [1.807, 2.05) is 54.8 Å². The van der Waals surface area contributed by atoms with Crippen molar-refractivity contribution in [1.82, 2.24) is 4.57 Å². The lowest BCUT2D eigenvalue weighted by atomic mass is 10.1. The van der Waals surface area contributed by atoms with E-state index in [1.54, 1.807) is 7.11 Å². The van der Waals surface area contributed by atoms with Crippen LogP contribution in [0, 0.1) is 25.2 Å². The van der Waals surface area contributed by atoms with E-state index in [-0.39, 0.29) is 5.57 Å². The molecule has 0 aliphatic rings. The molecular weight excluding hydrogens is 346 g/mol. The van der Waals surface area contributed by atoms with Gasteiger partial charge in [-0.1, -0.05) is 0 Å². The zero-order chi connectivity index (χ0) is 20.1. The van der Waals surface area contributed by atoms with Gasteiger partial charge in [-0.3, -0.25) is 4.79 Å². The molecule has 1 aromatic carbocycles. The van der Waals surface area contributed by atoms with Gasteiger partial charge in [0.2, 0.25) is 0 Å². The average Bonchev–Trinajstić information content (AvgIpc) is 2.92. The number of primary amides is 1. The monoisotopic (exact) mass is 367 g/mol. The fraction of sp³-hybridized carbons (Fsp3) is 0.250. The van der Waals surface area contributed by atoms with Crippen molar-refractivity contribution < 1.29 is 19.1 Å². The number of nitrogens with two attached hydrogens (primary N) is 1. The topological polar surface area (TPSA) is 107 Å². The molecule has 0 aliphatic carbocycles. The Hall–Kier alpha value is -3.53. The van der Waals surface area contributed by atoms with Gasteiger partial charge in [0.15, 0.2) is 6.10 Å². The summed E-state index contributed by atoms with van der Waals surface area (Å²) in [4.78, 5) is 23.1. The van der Waals surface area contributed by atoms with E-state index >= 15 is 0 Å². The number of rotatable bonds is 6. The standard InChI is InChI=1S/C20H21N3O4/c1-12-9-15(10-16(11-21)20(25)27-14(3)19(22)24)13(2)23(12)17-5-7-18(26-4)8-6-17/h5-10,14H,1-4H3,(H2,22,24)/b16-10+/t14-/m0/s1. The predicted octanol–water partition coefficient (Wildman–Crippen LogP) is 2.43. The number of nitriles is 1. The molecule has 0 radical (unpaired) electrons. The molecule has 0 unspecified atom stereocenters. The Balaban J connectivity index is 2.38. The lowest BCUT2D eigenvalue weighted by Crippen LogP contribution is -2.30. The van der Waals surface area contributed by atoms with E-state index in [9.17, 15) is 14.9 Å². The summed E-state index contributed by atoms with van der Waals surface area (Å²) in [5.74, 6) is -0.921. The Morgan fingerprint density at radius 3 is 2.41 bits per heavy atom. The molecule has 140 valence electrons. The highest BCUT2D eigenvalue weighted by atomic mass is 16.5. The van der Waals surface area contributed by atoms with Gasteiger partial charge in [0, 0.05) is 17.1 Å². The number of carbonyl (C=O) groups excluding carboxylic acids is 2. The second-order valence-corrected chi connectivity index (χ2v) is 5.98. The number of benzene rings is 1. The summed E-state index contributed by atoms with van der Waals surface area (Å²) in [5.41, 5.74) is 8.27. The van der Waals surface area contributed by atoms with Crippen molar-refractivity contribution in [2.45, 2.75) is 26.9 Å². The predicted molar refractivity (Wildman–Crippen MR) is 100 cm³/mol. The maximum atomic E-state index is 12.1. The molecule has 1 aromatic heterocycles. The van der Waals surface area contributed by atoms with E-state index in [0.29, 0.717) is 5.56 Å². The molecule has 7 nitrogen and oxygen atoms in total. The quantitative estimate of drug-likeness (QED) is 0.479. The number of aryl methyl sites for hydroxylation is 1.